The van der Waals surface area contributed by atoms with Gasteiger partial charge in [-0.25, -0.2) is 13.1 Å². The normalized spacial score (nSPS) is 12.0. The maximum atomic E-state index is 12.1. The number of nitrogens with two attached hydrogens (primary N) is 1. The van der Waals surface area contributed by atoms with E-state index in [4.69, 9.17) is 5.73 Å². The average molecular weight is 372 g/mol. The highest BCUT2D eigenvalue weighted by Gasteiger charge is 2.26. The number of amides is 1. The number of benzene rings is 1. The number of rotatable bonds is 10. The Labute approximate surface area is 147 Å². The van der Waals surface area contributed by atoms with Crippen LogP contribution in [0.1, 0.15) is 33.1 Å². The van der Waals surface area contributed by atoms with Crippen LogP contribution in [0.15, 0.2) is 29.2 Å². The number of hydrogen-bond donors (Lipinski definition) is 3. The second-order valence-corrected chi connectivity index (χ2v) is 7.41. The molecule has 1 aromatic rings. The molecule has 0 heterocycles. The van der Waals surface area contributed by atoms with Gasteiger partial charge in [0.2, 0.25) is 15.9 Å². The number of nitro benzene ring substituents is 1. The molecule has 0 spiro atoms. The van der Waals surface area contributed by atoms with Crippen LogP contribution in [-0.4, -0.2) is 37.9 Å². The lowest BCUT2D eigenvalue weighted by Gasteiger charge is -2.31. The van der Waals surface area contributed by atoms with Gasteiger partial charge in [0, 0.05) is 31.6 Å². The Bertz CT molecular complexity index is 691. The van der Waals surface area contributed by atoms with Crippen molar-refractivity contribution in [1.29, 1.82) is 0 Å². The first-order chi connectivity index (χ1) is 11.7. The van der Waals surface area contributed by atoms with E-state index in [0.29, 0.717) is 19.4 Å². The highest BCUT2D eigenvalue weighted by atomic mass is 32.2. The van der Waals surface area contributed by atoms with Gasteiger partial charge < -0.3 is 11.1 Å². The maximum Gasteiger partial charge on any atom is 0.269 e. The Hall–Kier alpha value is -2.04. The van der Waals surface area contributed by atoms with Crippen LogP contribution >= 0.6 is 0 Å². The van der Waals surface area contributed by atoms with Crippen LogP contribution < -0.4 is 15.8 Å². The molecule has 9 nitrogen and oxygen atoms in total. The molecule has 1 amide bonds. The number of hydrogen-bond acceptors (Lipinski definition) is 6. The third kappa shape index (κ3) is 5.76. The van der Waals surface area contributed by atoms with E-state index < -0.39 is 20.5 Å². The van der Waals surface area contributed by atoms with E-state index in [1.54, 1.807) is 0 Å². The summed E-state index contributed by atoms with van der Waals surface area (Å²) in [5.41, 5.74) is 5.03. The predicted octanol–water partition coefficient (Wildman–Crippen LogP) is 0.897. The summed E-state index contributed by atoms with van der Waals surface area (Å²) in [6.07, 6.45) is 1.33. The van der Waals surface area contributed by atoms with Crippen molar-refractivity contribution in [2.24, 2.45) is 5.73 Å². The summed E-state index contributed by atoms with van der Waals surface area (Å²) in [6, 6.07) is 4.51. The number of carbonyl (C=O) groups excluding carboxylic acids is 1. The summed E-state index contributed by atoms with van der Waals surface area (Å²) in [6.45, 7) is 4.07. The first-order valence-electron chi connectivity index (χ1n) is 7.95. The molecule has 0 bridgehead atoms. The number of nitrogens with one attached hydrogen (secondary N) is 2. The smallest absolute Gasteiger partial charge is 0.269 e. The van der Waals surface area contributed by atoms with Crippen molar-refractivity contribution in [3.05, 3.63) is 34.4 Å². The van der Waals surface area contributed by atoms with E-state index in [-0.39, 0.29) is 29.5 Å². The standard InChI is InChI=1S/C15H24N4O5S/c1-3-15(4-2,11-16)18-14(20)9-10-17-25(23,24)13-7-5-12(6-8-13)19(21)22/h5-8,17H,3-4,9-11,16H2,1-2H3,(H,18,20). The molecule has 1 rings (SSSR count). The van der Waals surface area contributed by atoms with Gasteiger partial charge in [0.25, 0.3) is 5.69 Å². The van der Waals surface area contributed by atoms with Crippen molar-refractivity contribution in [1.82, 2.24) is 10.0 Å². The van der Waals surface area contributed by atoms with Crippen molar-refractivity contribution < 1.29 is 18.1 Å². The van der Waals surface area contributed by atoms with Crippen molar-refractivity contribution >= 4 is 21.6 Å². The minimum absolute atomic E-state index is 0.0338. The SMILES string of the molecule is CCC(CC)(CN)NC(=O)CCNS(=O)(=O)c1ccc([N+](=O)[O-])cc1. The van der Waals surface area contributed by atoms with Crippen molar-refractivity contribution in [3.8, 4) is 0 Å². The zero-order valence-electron chi connectivity index (χ0n) is 14.3. The summed E-state index contributed by atoms with van der Waals surface area (Å²) in [5, 5.41) is 13.4. The lowest BCUT2D eigenvalue weighted by Crippen LogP contribution is -2.53. The molecule has 1 aromatic carbocycles. The van der Waals surface area contributed by atoms with Crippen molar-refractivity contribution in [2.45, 2.75) is 43.5 Å². The number of nitrogens with zero attached hydrogens (tertiary/aromatic N) is 1. The molecule has 0 aliphatic rings. The summed E-state index contributed by atoms with van der Waals surface area (Å²) < 4.78 is 26.5. The molecule has 0 aliphatic heterocycles. The van der Waals surface area contributed by atoms with E-state index in [2.05, 4.69) is 10.0 Å². The second kappa shape index (κ2) is 8.88. The van der Waals surface area contributed by atoms with Gasteiger partial charge in [-0.05, 0) is 25.0 Å². The molecule has 0 radical (unpaired) electrons. The third-order valence-electron chi connectivity index (χ3n) is 4.15. The van der Waals surface area contributed by atoms with Gasteiger partial charge in [-0.3, -0.25) is 14.9 Å². The Kier molecular flexibility index (Phi) is 7.46. The zero-order chi connectivity index (χ0) is 19.1. The maximum absolute atomic E-state index is 12.1. The van der Waals surface area contributed by atoms with E-state index in [1.807, 2.05) is 13.8 Å². The van der Waals surface area contributed by atoms with Crippen molar-refractivity contribution in [3.63, 3.8) is 0 Å². The molecular formula is C15H24N4O5S. The molecule has 10 heteroatoms. The summed E-state index contributed by atoms with van der Waals surface area (Å²) >= 11 is 0. The van der Waals surface area contributed by atoms with E-state index >= 15 is 0 Å². The molecule has 0 fully saturated rings. The predicted molar refractivity (Wildman–Crippen MR) is 93.4 cm³/mol. The minimum atomic E-state index is -3.84. The fraction of sp³-hybridized carbons (Fsp3) is 0.533. The lowest BCUT2D eigenvalue weighted by atomic mass is 9.93. The highest BCUT2D eigenvalue weighted by molar-refractivity contribution is 7.89. The summed E-state index contributed by atoms with van der Waals surface area (Å²) in [5.74, 6) is -0.291. The highest BCUT2D eigenvalue weighted by Crippen LogP contribution is 2.16. The number of sulfonamides is 1. The molecule has 0 unspecified atom stereocenters. The first kappa shape index (κ1) is 21.0. The number of nitro groups is 1. The van der Waals surface area contributed by atoms with Crippen LogP contribution in [-0.2, 0) is 14.8 Å². The van der Waals surface area contributed by atoms with Gasteiger partial charge in [-0.1, -0.05) is 13.8 Å². The van der Waals surface area contributed by atoms with Crippen LogP contribution in [0, 0.1) is 10.1 Å². The number of non-ortho nitro benzene ring substituents is 1. The molecule has 25 heavy (non-hydrogen) atoms. The van der Waals surface area contributed by atoms with Gasteiger partial charge in [0.1, 0.15) is 0 Å². The fourth-order valence-corrected chi connectivity index (χ4v) is 3.29. The molecule has 0 atom stereocenters. The molecule has 140 valence electrons. The molecule has 0 saturated carbocycles. The van der Waals surface area contributed by atoms with Crippen LogP contribution in [0.4, 0.5) is 5.69 Å². The van der Waals surface area contributed by atoms with E-state index in [1.165, 1.54) is 0 Å². The summed E-state index contributed by atoms with van der Waals surface area (Å²) in [7, 11) is -3.84. The van der Waals surface area contributed by atoms with Gasteiger partial charge in [-0.15, -0.1) is 0 Å². The quantitative estimate of drug-likeness (QED) is 0.411. The Balaban J connectivity index is 2.62. The minimum Gasteiger partial charge on any atom is -0.349 e. The molecular weight excluding hydrogens is 348 g/mol. The molecule has 0 saturated heterocycles. The Morgan fingerprint density at radius 2 is 1.80 bits per heavy atom. The Morgan fingerprint density at radius 1 is 1.24 bits per heavy atom. The van der Waals surface area contributed by atoms with Gasteiger partial charge in [0.15, 0.2) is 0 Å². The molecule has 0 aliphatic carbocycles. The average Bonchev–Trinajstić information content (AvgIpc) is 2.59. The monoisotopic (exact) mass is 372 g/mol. The van der Waals surface area contributed by atoms with Gasteiger partial charge in [-0.2, -0.15) is 0 Å². The van der Waals surface area contributed by atoms with Crippen LogP contribution in [0.25, 0.3) is 0 Å². The Morgan fingerprint density at radius 3 is 2.24 bits per heavy atom. The van der Waals surface area contributed by atoms with Gasteiger partial charge in [0.05, 0.1) is 15.4 Å². The second-order valence-electron chi connectivity index (χ2n) is 5.64. The van der Waals surface area contributed by atoms with Gasteiger partial charge >= 0.3 is 0 Å². The van der Waals surface area contributed by atoms with Crippen molar-refractivity contribution in [2.75, 3.05) is 13.1 Å². The third-order valence-corrected chi connectivity index (χ3v) is 5.63. The fourth-order valence-electron chi connectivity index (χ4n) is 2.25. The molecule has 0 aromatic heterocycles. The van der Waals surface area contributed by atoms with Crippen LogP contribution in [0.3, 0.4) is 0 Å². The van der Waals surface area contributed by atoms with E-state index in [0.717, 1.165) is 24.3 Å². The first-order valence-corrected chi connectivity index (χ1v) is 9.43. The largest absolute Gasteiger partial charge is 0.349 e. The number of carbonyl (C=O) groups is 1. The van der Waals surface area contributed by atoms with Crippen LogP contribution in [0.5, 0.6) is 0 Å². The topological polar surface area (TPSA) is 144 Å². The van der Waals surface area contributed by atoms with Crippen LogP contribution in [0.2, 0.25) is 0 Å². The molecule has 4 N–H and O–H groups in total. The van der Waals surface area contributed by atoms with E-state index in [9.17, 15) is 23.3 Å². The summed E-state index contributed by atoms with van der Waals surface area (Å²) in [4.78, 5) is 21.9. The lowest BCUT2D eigenvalue weighted by molar-refractivity contribution is -0.384. The zero-order valence-corrected chi connectivity index (χ0v) is 15.1.